The molecule has 0 fully saturated rings. The number of ketones is 1. The molecule has 17 heavy (non-hydrogen) atoms. The van der Waals surface area contributed by atoms with E-state index >= 15 is 0 Å². The Balaban J connectivity index is 2.84. The number of hydrogen-bond donors (Lipinski definition) is 2. The molecule has 1 unspecified atom stereocenters. The molecule has 0 aliphatic rings. The quantitative estimate of drug-likeness (QED) is 0.353. The Morgan fingerprint density at radius 3 is 2.59 bits per heavy atom. The lowest BCUT2D eigenvalue weighted by Crippen LogP contribution is -2.40. The number of halogens is 1. The van der Waals surface area contributed by atoms with E-state index in [1.54, 1.807) is 0 Å². The number of hydrazine groups is 1. The summed E-state index contributed by atoms with van der Waals surface area (Å²) in [5.41, 5.74) is 1.90. The summed E-state index contributed by atoms with van der Waals surface area (Å²) in [6.07, 6.45) is -0.845. The average Bonchev–Trinajstić information content (AvgIpc) is 2.27. The smallest absolute Gasteiger partial charge is 0.274 e. The molecule has 0 aliphatic carbocycles. The molecule has 1 aromatic rings. The van der Waals surface area contributed by atoms with Gasteiger partial charge in [-0.2, -0.15) is 0 Å². The number of nitrogens with two attached hydrogens (primary N) is 1. The van der Waals surface area contributed by atoms with E-state index in [0.717, 1.165) is 6.07 Å². The van der Waals surface area contributed by atoms with Crippen LogP contribution in [0.2, 0.25) is 0 Å². The van der Waals surface area contributed by atoms with Crippen LogP contribution in [0, 0.1) is 5.82 Å². The van der Waals surface area contributed by atoms with Crippen molar-refractivity contribution in [3.05, 3.63) is 29.6 Å². The fourth-order valence-corrected chi connectivity index (χ4v) is 1.23. The summed E-state index contributed by atoms with van der Waals surface area (Å²) in [4.78, 5) is 22.1. The maximum atomic E-state index is 13.4. The van der Waals surface area contributed by atoms with Crippen LogP contribution in [0.5, 0.6) is 5.75 Å². The van der Waals surface area contributed by atoms with Gasteiger partial charge in [0.1, 0.15) is 11.6 Å². The molecular formula is C11H13FN2O3. The van der Waals surface area contributed by atoms with Crippen LogP contribution < -0.4 is 16.0 Å². The fraction of sp³-hybridized carbons (Fsp3) is 0.273. The normalized spacial score (nSPS) is 11.8. The van der Waals surface area contributed by atoms with E-state index in [0.29, 0.717) is 0 Å². The SMILES string of the molecule is CC(=O)c1ccc(OC(C)C(=O)NN)cc1F. The van der Waals surface area contributed by atoms with Gasteiger partial charge in [0.25, 0.3) is 5.91 Å². The van der Waals surface area contributed by atoms with Gasteiger partial charge in [-0.05, 0) is 26.0 Å². The lowest BCUT2D eigenvalue weighted by molar-refractivity contribution is -0.127. The van der Waals surface area contributed by atoms with Crippen LogP contribution in [0.1, 0.15) is 24.2 Å². The molecule has 0 saturated heterocycles. The number of carbonyl (C=O) groups excluding carboxylic acids is 2. The van der Waals surface area contributed by atoms with Crippen molar-refractivity contribution in [3.8, 4) is 5.75 Å². The Bertz CT molecular complexity index is 448. The fourth-order valence-electron chi connectivity index (χ4n) is 1.23. The molecule has 0 heterocycles. The molecule has 0 radical (unpaired) electrons. The van der Waals surface area contributed by atoms with Gasteiger partial charge >= 0.3 is 0 Å². The van der Waals surface area contributed by atoms with Crippen molar-refractivity contribution < 1.29 is 18.7 Å². The van der Waals surface area contributed by atoms with Crippen molar-refractivity contribution in [3.63, 3.8) is 0 Å². The van der Waals surface area contributed by atoms with Crippen molar-refractivity contribution in [2.75, 3.05) is 0 Å². The number of amides is 1. The molecule has 0 aliphatic heterocycles. The third kappa shape index (κ3) is 3.25. The van der Waals surface area contributed by atoms with Gasteiger partial charge in [0.05, 0.1) is 5.56 Å². The van der Waals surface area contributed by atoms with Crippen molar-refractivity contribution in [2.24, 2.45) is 5.84 Å². The summed E-state index contributed by atoms with van der Waals surface area (Å²) in [7, 11) is 0. The van der Waals surface area contributed by atoms with Gasteiger partial charge in [0, 0.05) is 6.07 Å². The molecule has 0 saturated carbocycles. The van der Waals surface area contributed by atoms with Crippen LogP contribution in [0.25, 0.3) is 0 Å². The van der Waals surface area contributed by atoms with E-state index in [2.05, 4.69) is 0 Å². The molecule has 1 aromatic carbocycles. The number of ether oxygens (including phenoxy) is 1. The van der Waals surface area contributed by atoms with Crippen LogP contribution in [-0.2, 0) is 4.79 Å². The number of carbonyl (C=O) groups is 2. The molecule has 3 N–H and O–H groups in total. The molecule has 0 spiro atoms. The molecule has 1 rings (SSSR count). The second kappa shape index (κ2) is 5.40. The molecule has 92 valence electrons. The lowest BCUT2D eigenvalue weighted by atomic mass is 10.1. The van der Waals surface area contributed by atoms with Crippen LogP contribution in [0.4, 0.5) is 4.39 Å². The summed E-state index contributed by atoms with van der Waals surface area (Å²) in [6, 6.07) is 3.78. The van der Waals surface area contributed by atoms with E-state index < -0.39 is 17.8 Å². The summed E-state index contributed by atoms with van der Waals surface area (Å²) < 4.78 is 18.5. The Morgan fingerprint density at radius 1 is 1.47 bits per heavy atom. The topological polar surface area (TPSA) is 81.4 Å². The van der Waals surface area contributed by atoms with Crippen molar-refractivity contribution in [2.45, 2.75) is 20.0 Å². The first-order valence-electron chi connectivity index (χ1n) is 4.93. The highest BCUT2D eigenvalue weighted by Gasteiger charge is 2.14. The standard InChI is InChI=1S/C11H13FN2O3/c1-6(15)9-4-3-8(5-10(9)12)17-7(2)11(16)14-13/h3-5,7H,13H2,1-2H3,(H,14,16). The molecular weight excluding hydrogens is 227 g/mol. The minimum absolute atomic E-state index is 0.0201. The minimum Gasteiger partial charge on any atom is -0.481 e. The minimum atomic E-state index is -0.845. The van der Waals surface area contributed by atoms with E-state index in [1.807, 2.05) is 5.43 Å². The molecule has 1 amide bonds. The highest BCUT2D eigenvalue weighted by molar-refractivity contribution is 5.94. The predicted molar refractivity (Wildman–Crippen MR) is 58.8 cm³/mol. The predicted octanol–water partition coefficient (Wildman–Crippen LogP) is 0.786. The average molecular weight is 240 g/mol. The number of hydrogen-bond acceptors (Lipinski definition) is 4. The second-order valence-corrected chi connectivity index (χ2v) is 3.47. The van der Waals surface area contributed by atoms with Crippen LogP contribution in [0.15, 0.2) is 18.2 Å². The molecule has 0 aromatic heterocycles. The maximum Gasteiger partial charge on any atom is 0.274 e. The van der Waals surface area contributed by atoms with E-state index in [4.69, 9.17) is 10.6 Å². The first kappa shape index (κ1) is 13.1. The first-order valence-corrected chi connectivity index (χ1v) is 4.93. The van der Waals surface area contributed by atoms with Crippen molar-refractivity contribution in [1.29, 1.82) is 0 Å². The highest BCUT2D eigenvalue weighted by atomic mass is 19.1. The zero-order valence-electron chi connectivity index (χ0n) is 9.49. The Labute approximate surface area is 97.7 Å². The van der Waals surface area contributed by atoms with Gasteiger partial charge in [-0.1, -0.05) is 0 Å². The third-order valence-electron chi connectivity index (χ3n) is 2.14. The number of rotatable bonds is 4. The molecule has 0 bridgehead atoms. The highest BCUT2D eigenvalue weighted by Crippen LogP contribution is 2.18. The summed E-state index contributed by atoms with van der Waals surface area (Å²) >= 11 is 0. The molecule has 5 nitrogen and oxygen atoms in total. The number of benzene rings is 1. The molecule has 6 heteroatoms. The maximum absolute atomic E-state index is 13.4. The third-order valence-corrected chi connectivity index (χ3v) is 2.14. The molecule has 1 atom stereocenters. The zero-order valence-corrected chi connectivity index (χ0v) is 9.49. The van der Waals surface area contributed by atoms with Crippen molar-refractivity contribution in [1.82, 2.24) is 5.43 Å². The number of nitrogens with one attached hydrogen (secondary N) is 1. The number of Topliss-reactive ketones (excluding diaryl/α,β-unsaturated/α-hetero) is 1. The van der Waals surface area contributed by atoms with Crippen LogP contribution >= 0.6 is 0 Å². The van der Waals surface area contributed by atoms with Gasteiger partial charge in [-0.15, -0.1) is 0 Å². The van der Waals surface area contributed by atoms with E-state index in [-0.39, 0.29) is 17.1 Å². The lowest BCUT2D eigenvalue weighted by Gasteiger charge is -2.13. The van der Waals surface area contributed by atoms with Crippen molar-refractivity contribution >= 4 is 11.7 Å². The van der Waals surface area contributed by atoms with E-state index in [9.17, 15) is 14.0 Å². The zero-order chi connectivity index (χ0) is 13.0. The first-order chi connectivity index (χ1) is 7.95. The summed E-state index contributed by atoms with van der Waals surface area (Å²) in [6.45, 7) is 2.74. The monoisotopic (exact) mass is 240 g/mol. The Hall–Kier alpha value is -1.95. The van der Waals surface area contributed by atoms with Crippen LogP contribution in [0.3, 0.4) is 0 Å². The summed E-state index contributed by atoms with van der Waals surface area (Å²) in [5.74, 6) is 3.49. The van der Waals surface area contributed by atoms with Gasteiger partial charge in [0.15, 0.2) is 11.9 Å². The van der Waals surface area contributed by atoms with E-state index in [1.165, 1.54) is 26.0 Å². The summed E-state index contributed by atoms with van der Waals surface area (Å²) in [5, 5.41) is 0. The largest absolute Gasteiger partial charge is 0.481 e. The Morgan fingerprint density at radius 2 is 2.12 bits per heavy atom. The van der Waals surface area contributed by atoms with Gasteiger partial charge in [0.2, 0.25) is 0 Å². The second-order valence-electron chi connectivity index (χ2n) is 3.47. The van der Waals surface area contributed by atoms with Gasteiger partial charge in [-0.3, -0.25) is 15.0 Å². The van der Waals surface area contributed by atoms with Gasteiger partial charge in [-0.25, -0.2) is 10.2 Å². The van der Waals surface area contributed by atoms with Gasteiger partial charge < -0.3 is 4.74 Å². The van der Waals surface area contributed by atoms with Crippen LogP contribution in [-0.4, -0.2) is 17.8 Å². The Kier molecular flexibility index (Phi) is 4.17.